The van der Waals surface area contributed by atoms with Crippen molar-refractivity contribution in [2.45, 2.75) is 114 Å². The molecule has 9 rings (SSSR count). The molecule has 4 aromatic carbocycles. The fourth-order valence-electron chi connectivity index (χ4n) is 12.2. The number of aliphatic hydroxyl groups excluding tert-OH is 2. The van der Waals surface area contributed by atoms with Crippen LogP contribution in [-0.2, 0) is 29.5 Å². The van der Waals surface area contributed by atoms with E-state index in [-0.39, 0.29) is 53.3 Å². The van der Waals surface area contributed by atoms with Crippen LogP contribution in [0, 0.1) is 17.8 Å². The Kier molecular flexibility index (Phi) is 14.6. The molecule has 3 aliphatic rings. The van der Waals surface area contributed by atoms with Crippen LogP contribution < -0.4 is 20.1 Å². The molecule has 70 heavy (non-hydrogen) atoms. The van der Waals surface area contributed by atoms with Gasteiger partial charge in [0.25, 0.3) is 0 Å². The number of rotatable bonds is 14. The van der Waals surface area contributed by atoms with Crippen LogP contribution in [0.2, 0.25) is 0 Å². The average Bonchev–Trinajstić information content (AvgIpc) is 3.98. The molecule has 0 radical (unpaired) electrons. The van der Waals surface area contributed by atoms with Gasteiger partial charge in [0.1, 0.15) is 17.4 Å². The van der Waals surface area contributed by atoms with Gasteiger partial charge in [-0.3, -0.25) is 4.79 Å². The van der Waals surface area contributed by atoms with Gasteiger partial charge >= 0.3 is 0 Å². The van der Waals surface area contributed by atoms with Crippen molar-refractivity contribution in [3.8, 4) is 34.5 Å². The number of aromatic amines is 1. The number of hydrogen-bond acceptors (Lipinski definition) is 12. The highest BCUT2D eigenvalue weighted by atomic mass is 16.5. The quantitative estimate of drug-likeness (QED) is 0.0369. The van der Waals surface area contributed by atoms with Gasteiger partial charge in [-0.1, -0.05) is 32.0 Å². The lowest BCUT2D eigenvalue weighted by molar-refractivity contribution is -0.132. The summed E-state index contributed by atoms with van der Waals surface area (Å²) in [6.07, 6.45) is 6.93. The number of nitrogens with one attached hydrogen (secondary N) is 3. The topological polar surface area (TPSA) is 210 Å². The van der Waals surface area contributed by atoms with E-state index in [1.807, 2.05) is 61.8 Å². The summed E-state index contributed by atoms with van der Waals surface area (Å²) in [5.41, 5.74) is 4.76. The lowest BCUT2D eigenvalue weighted by atomic mass is 9.58. The highest BCUT2D eigenvalue weighted by Gasteiger charge is 2.58. The number of aromatic nitrogens is 2. The van der Waals surface area contributed by atoms with Crippen molar-refractivity contribution in [3.63, 3.8) is 0 Å². The molecule has 0 amide bonds. The number of anilines is 2. The van der Waals surface area contributed by atoms with Crippen molar-refractivity contribution in [3.05, 3.63) is 125 Å². The van der Waals surface area contributed by atoms with Crippen molar-refractivity contribution in [1.82, 2.24) is 15.3 Å². The van der Waals surface area contributed by atoms with Gasteiger partial charge in [-0.25, -0.2) is 4.98 Å². The van der Waals surface area contributed by atoms with E-state index in [0.29, 0.717) is 74.9 Å². The second kappa shape index (κ2) is 21.0. The second-order valence-corrected chi connectivity index (χ2v) is 20.4. The lowest BCUT2D eigenvalue weighted by Gasteiger charge is -2.45. The van der Waals surface area contributed by atoms with Crippen LogP contribution in [0.3, 0.4) is 0 Å². The van der Waals surface area contributed by atoms with Crippen LogP contribution in [0.1, 0.15) is 111 Å². The molecular weight excluding hydrogens is 885 g/mol. The van der Waals surface area contributed by atoms with E-state index in [1.165, 1.54) is 6.07 Å². The number of aryl methyl sites for hydroxylation is 1. The summed E-state index contributed by atoms with van der Waals surface area (Å²) in [4.78, 5) is 24.5. The summed E-state index contributed by atoms with van der Waals surface area (Å²) < 4.78 is 12.1. The number of carbonyl (C=O) groups is 1. The minimum absolute atomic E-state index is 0.0548. The Hall–Kier alpha value is -6.28. The molecule has 7 atom stereocenters. The summed E-state index contributed by atoms with van der Waals surface area (Å²) in [5, 5.41) is 78.3. The second-order valence-electron chi connectivity index (χ2n) is 20.4. The van der Waals surface area contributed by atoms with Gasteiger partial charge < -0.3 is 55.7 Å². The van der Waals surface area contributed by atoms with Gasteiger partial charge in [0.15, 0.2) is 23.0 Å². The van der Waals surface area contributed by atoms with Crippen molar-refractivity contribution in [1.29, 1.82) is 0 Å². The first-order valence-electron chi connectivity index (χ1n) is 25.1. The van der Waals surface area contributed by atoms with E-state index in [0.717, 1.165) is 70.1 Å². The molecule has 370 valence electrons. The first-order chi connectivity index (χ1) is 33.8. The van der Waals surface area contributed by atoms with E-state index in [1.54, 1.807) is 30.5 Å². The maximum absolute atomic E-state index is 16.3. The maximum Gasteiger partial charge on any atom is 0.200 e. The zero-order valence-corrected chi connectivity index (χ0v) is 40.5. The molecule has 1 aliphatic carbocycles. The third-order valence-corrected chi connectivity index (χ3v) is 15.4. The molecule has 1 fully saturated rings. The number of aliphatic hydroxyl groups is 2. The molecule has 9 N–H and O–H groups in total. The molecule has 13 nitrogen and oxygen atoms in total. The van der Waals surface area contributed by atoms with Gasteiger partial charge in [-0.2, -0.15) is 0 Å². The fourth-order valence-corrected chi connectivity index (χ4v) is 12.2. The number of H-pyrrole nitrogens is 1. The number of Topliss-reactive ketones (excluding diaryl/α,β-unsaturated/α-hetero) is 1. The number of fused-ring (bicyclic) bond motifs is 7. The van der Waals surface area contributed by atoms with Gasteiger partial charge in [-0.15, -0.1) is 0 Å². The minimum Gasteiger partial charge on any atom is -0.508 e. The number of likely N-dealkylation sites (N-methyl/N-ethyl adjacent to an activating group) is 1. The summed E-state index contributed by atoms with van der Waals surface area (Å²) in [6, 6.07) is 23.9. The Morgan fingerprint density at radius 1 is 0.986 bits per heavy atom. The largest absolute Gasteiger partial charge is 0.508 e. The van der Waals surface area contributed by atoms with Gasteiger partial charge in [0.2, 0.25) is 5.75 Å². The maximum atomic E-state index is 16.3. The number of hydrogen-bond donors (Lipinski definition) is 9. The molecule has 2 aromatic heterocycles. The molecule has 4 heterocycles. The standard InChI is InChI=1S/C57H68N4O9/c1-33(2)7-5-23-69-51-29-37(28-50(67)55(51)68)36-25-38(32-58-3)53-42-14-13-41(62)26-35(42)10-15-45(53)61-52-30-39(19-22-60-52)57(20-18-46(63)44(57)31-40-8-4-21-59-40)54(49(66)27-36)47(64)16-11-34-12-17-48(65)56-43(34)9-6-24-70-56/h4,8,10,12-15,17,19,21-22,26,28-30,33,36,38,44,46-47,54,58-59,62-65,67-68H,5-7,9,11,16,18,20,23-25,27,31-32H2,1-3H3,(H,60,61). The lowest BCUT2D eigenvalue weighted by Crippen LogP contribution is -2.51. The molecule has 13 heteroatoms. The van der Waals surface area contributed by atoms with E-state index < -0.39 is 35.4 Å². The molecule has 2 bridgehead atoms. The van der Waals surface area contributed by atoms with Crippen LogP contribution in [-0.4, -0.2) is 85.4 Å². The van der Waals surface area contributed by atoms with Crippen molar-refractivity contribution < 1.29 is 44.9 Å². The zero-order valence-electron chi connectivity index (χ0n) is 40.5. The van der Waals surface area contributed by atoms with Crippen molar-refractivity contribution >= 4 is 28.1 Å². The summed E-state index contributed by atoms with van der Waals surface area (Å²) in [7, 11) is 1.88. The third-order valence-electron chi connectivity index (χ3n) is 15.4. The first-order valence-corrected chi connectivity index (χ1v) is 25.1. The van der Waals surface area contributed by atoms with Crippen LogP contribution in [0.25, 0.3) is 10.8 Å². The fraction of sp³-hybridized carbons (Fsp3) is 0.439. The molecular formula is C57H68N4O9. The molecule has 7 unspecified atom stereocenters. The van der Waals surface area contributed by atoms with Crippen LogP contribution in [0.4, 0.5) is 11.5 Å². The molecule has 1 saturated carbocycles. The monoisotopic (exact) mass is 952 g/mol. The average molecular weight is 953 g/mol. The van der Waals surface area contributed by atoms with Gasteiger partial charge in [0.05, 0.1) is 31.3 Å². The van der Waals surface area contributed by atoms with Crippen LogP contribution >= 0.6 is 0 Å². The number of phenolic OH excluding ortho intramolecular Hbond substituents is 4. The summed E-state index contributed by atoms with van der Waals surface area (Å²) >= 11 is 0. The Morgan fingerprint density at radius 3 is 2.64 bits per heavy atom. The predicted octanol–water partition coefficient (Wildman–Crippen LogP) is 9.58. The molecule has 1 spiro atoms. The Bertz CT molecular complexity index is 2800. The SMILES string of the molecule is CNCC1CC(c2cc(O)c(O)c(OCCCC(C)C)c2)CC(=O)C(C(O)CCc2ccc(O)c3c2CCCO3)C2(CCC(O)C2Cc2ccc[nH]2)c2ccnc(c2)Nc2ccc3cc(O)ccc3c21. The van der Waals surface area contributed by atoms with Crippen molar-refractivity contribution in [2.24, 2.45) is 17.8 Å². The highest BCUT2D eigenvalue weighted by molar-refractivity contribution is 5.93. The number of nitrogens with zero attached hydrogens (tertiary/aromatic N) is 1. The van der Waals surface area contributed by atoms with Crippen LogP contribution in [0.15, 0.2) is 91.3 Å². The normalized spacial score (nSPS) is 22.9. The number of carbonyl (C=O) groups excluding carboxylic acids is 1. The number of aromatic hydroxyl groups is 4. The Morgan fingerprint density at radius 2 is 1.84 bits per heavy atom. The number of ketones is 1. The third kappa shape index (κ3) is 9.89. The molecule has 2 aliphatic heterocycles. The summed E-state index contributed by atoms with van der Waals surface area (Å²) in [5.74, 6) is -1.51. The number of pyridine rings is 1. The number of benzene rings is 4. The van der Waals surface area contributed by atoms with E-state index in [4.69, 9.17) is 14.5 Å². The van der Waals surface area contributed by atoms with Gasteiger partial charge in [-0.05, 0) is 183 Å². The first kappa shape index (κ1) is 48.7. The summed E-state index contributed by atoms with van der Waals surface area (Å²) in [6.45, 7) is 5.59. The Labute approximate surface area is 409 Å². The smallest absolute Gasteiger partial charge is 0.200 e. The highest BCUT2D eigenvalue weighted by Crippen LogP contribution is 2.56. The number of phenols is 4. The molecule has 6 aromatic rings. The van der Waals surface area contributed by atoms with Gasteiger partial charge in [0, 0.05) is 53.6 Å². The van der Waals surface area contributed by atoms with E-state index >= 15 is 4.79 Å². The minimum atomic E-state index is -1.19. The van der Waals surface area contributed by atoms with Crippen molar-refractivity contribution in [2.75, 3.05) is 32.1 Å². The zero-order chi connectivity index (χ0) is 49.1. The Balaban J connectivity index is 1.23. The van der Waals surface area contributed by atoms with E-state index in [9.17, 15) is 30.6 Å². The van der Waals surface area contributed by atoms with Crippen LogP contribution in [0.5, 0.6) is 34.5 Å². The number of ether oxygens (including phenoxy) is 2. The van der Waals surface area contributed by atoms with E-state index in [2.05, 4.69) is 29.5 Å². The predicted molar refractivity (Wildman–Crippen MR) is 271 cm³/mol. The molecule has 0 saturated heterocycles.